The lowest BCUT2D eigenvalue weighted by atomic mass is 9.89. The van der Waals surface area contributed by atoms with Crippen molar-refractivity contribution in [1.82, 2.24) is 10.6 Å². The number of piperidine rings is 1. The third-order valence-corrected chi connectivity index (χ3v) is 4.84. The quantitative estimate of drug-likeness (QED) is 0.801. The van der Waals surface area contributed by atoms with E-state index in [0.29, 0.717) is 26.1 Å². The fraction of sp³-hybridized carbons (Fsp3) is 0.611. The van der Waals surface area contributed by atoms with E-state index in [4.69, 9.17) is 4.74 Å². The minimum absolute atomic E-state index is 0. The zero-order valence-electron chi connectivity index (χ0n) is 14.8. The number of carbonyl (C=O) groups is 1. The van der Waals surface area contributed by atoms with Gasteiger partial charge in [0, 0.05) is 19.3 Å². The summed E-state index contributed by atoms with van der Waals surface area (Å²) in [5.74, 6) is -0.814. The molecule has 3 rings (SSSR count). The normalized spacial score (nSPS) is 19.2. The Labute approximate surface area is 162 Å². The Balaban J connectivity index is 0.00000261. The van der Waals surface area contributed by atoms with Crippen molar-refractivity contribution < 1.29 is 27.4 Å². The van der Waals surface area contributed by atoms with Crippen LogP contribution in [0.15, 0.2) is 18.2 Å². The fourth-order valence-corrected chi connectivity index (χ4v) is 3.45. The fourth-order valence-electron chi connectivity index (χ4n) is 3.45. The van der Waals surface area contributed by atoms with Gasteiger partial charge in [-0.3, -0.25) is 4.79 Å². The van der Waals surface area contributed by atoms with Crippen molar-refractivity contribution in [2.45, 2.75) is 44.0 Å². The van der Waals surface area contributed by atoms with E-state index in [1.54, 1.807) is 6.07 Å². The van der Waals surface area contributed by atoms with Crippen LogP contribution < -0.4 is 15.4 Å². The molecule has 0 spiro atoms. The Hall–Kier alpha value is -1.51. The van der Waals surface area contributed by atoms with Crippen LogP contribution in [0.1, 0.15) is 47.5 Å². The number of carbonyl (C=O) groups excluding carboxylic acids is 1. The average molecular weight is 409 g/mol. The second kappa shape index (κ2) is 9.61. The van der Waals surface area contributed by atoms with Gasteiger partial charge in [-0.05, 0) is 62.4 Å². The molecular formula is C18H24ClF3N2O3. The lowest BCUT2D eigenvalue weighted by Crippen LogP contribution is -2.39. The molecule has 0 aromatic heterocycles. The Bertz CT molecular complexity index is 631. The van der Waals surface area contributed by atoms with E-state index in [-0.39, 0.29) is 29.9 Å². The summed E-state index contributed by atoms with van der Waals surface area (Å²) in [6.07, 6.45) is -1.86. The summed E-state index contributed by atoms with van der Waals surface area (Å²) < 4.78 is 47.9. The molecule has 0 atom stereocenters. The number of rotatable bonds is 4. The first-order valence-electron chi connectivity index (χ1n) is 8.91. The molecule has 2 heterocycles. The summed E-state index contributed by atoms with van der Waals surface area (Å²) in [4.78, 5) is 12.5. The first-order valence-corrected chi connectivity index (χ1v) is 8.91. The minimum atomic E-state index is -4.85. The zero-order valence-corrected chi connectivity index (χ0v) is 15.6. The van der Waals surface area contributed by atoms with Gasteiger partial charge >= 0.3 is 6.36 Å². The first kappa shape index (κ1) is 21.8. The summed E-state index contributed by atoms with van der Waals surface area (Å²) in [5.41, 5.74) is 0.680. The molecule has 2 aliphatic heterocycles. The van der Waals surface area contributed by atoms with Crippen LogP contribution in [0.4, 0.5) is 13.2 Å². The van der Waals surface area contributed by atoms with Crippen molar-refractivity contribution >= 4 is 18.3 Å². The van der Waals surface area contributed by atoms with E-state index in [1.165, 1.54) is 12.1 Å². The average Bonchev–Trinajstić information content (AvgIpc) is 2.62. The molecule has 0 unspecified atom stereocenters. The van der Waals surface area contributed by atoms with Gasteiger partial charge in [-0.15, -0.1) is 25.6 Å². The van der Waals surface area contributed by atoms with Gasteiger partial charge in [-0.1, -0.05) is 6.07 Å². The van der Waals surface area contributed by atoms with Crippen molar-refractivity contribution in [3.63, 3.8) is 0 Å². The Morgan fingerprint density at radius 3 is 2.44 bits per heavy atom. The molecule has 0 saturated carbocycles. The topological polar surface area (TPSA) is 59.6 Å². The Morgan fingerprint density at radius 2 is 1.81 bits per heavy atom. The van der Waals surface area contributed by atoms with Crippen molar-refractivity contribution in [2.75, 3.05) is 26.3 Å². The van der Waals surface area contributed by atoms with Crippen LogP contribution in [-0.2, 0) is 4.74 Å². The van der Waals surface area contributed by atoms with Gasteiger partial charge in [0.05, 0.1) is 5.56 Å². The van der Waals surface area contributed by atoms with E-state index in [0.717, 1.165) is 31.5 Å². The second-order valence-corrected chi connectivity index (χ2v) is 6.69. The lowest BCUT2D eigenvalue weighted by molar-refractivity contribution is -0.274. The third-order valence-electron chi connectivity index (χ3n) is 4.84. The largest absolute Gasteiger partial charge is 0.573 e. The Kier molecular flexibility index (Phi) is 7.76. The molecule has 1 aromatic carbocycles. The van der Waals surface area contributed by atoms with Crippen LogP contribution >= 0.6 is 12.4 Å². The predicted molar refractivity (Wildman–Crippen MR) is 96.5 cm³/mol. The Morgan fingerprint density at radius 1 is 1.15 bits per heavy atom. The van der Waals surface area contributed by atoms with Gasteiger partial charge in [0.25, 0.3) is 5.91 Å². The summed E-state index contributed by atoms with van der Waals surface area (Å²) in [7, 11) is 0. The van der Waals surface area contributed by atoms with E-state index < -0.39 is 18.0 Å². The van der Waals surface area contributed by atoms with Crippen molar-refractivity contribution in [3.05, 3.63) is 29.3 Å². The number of halogens is 4. The monoisotopic (exact) mass is 408 g/mol. The van der Waals surface area contributed by atoms with Crippen LogP contribution in [-0.4, -0.2) is 44.6 Å². The van der Waals surface area contributed by atoms with Crippen LogP contribution in [0, 0.1) is 0 Å². The van der Waals surface area contributed by atoms with Crippen LogP contribution in [0.3, 0.4) is 0 Å². The molecule has 1 aromatic rings. The lowest BCUT2D eigenvalue weighted by Gasteiger charge is -2.25. The highest BCUT2D eigenvalue weighted by Gasteiger charge is 2.34. The maximum absolute atomic E-state index is 12.8. The number of ether oxygens (including phenoxy) is 2. The van der Waals surface area contributed by atoms with Gasteiger partial charge in [-0.2, -0.15) is 0 Å². The maximum Gasteiger partial charge on any atom is 0.573 e. The van der Waals surface area contributed by atoms with Gasteiger partial charge in [-0.25, -0.2) is 0 Å². The number of alkyl halides is 3. The number of nitrogens with one attached hydrogen (secondary N) is 2. The van der Waals surface area contributed by atoms with Crippen molar-refractivity contribution in [1.29, 1.82) is 0 Å². The standard InChI is InChI=1S/C18H23F3N2O3.ClH/c19-18(20,21)26-16-11-13(12-3-7-22-8-4-12)1-2-15(16)17(24)23-14-5-9-25-10-6-14;/h1-2,11-12,14,22H,3-10H2,(H,23,24);1H. The van der Waals surface area contributed by atoms with E-state index >= 15 is 0 Å². The smallest absolute Gasteiger partial charge is 0.405 e. The molecule has 0 aliphatic carbocycles. The van der Waals surface area contributed by atoms with Crippen molar-refractivity contribution in [3.8, 4) is 5.75 Å². The molecule has 2 aliphatic rings. The number of hydrogen-bond donors (Lipinski definition) is 2. The van der Waals surface area contributed by atoms with E-state index in [1.807, 2.05) is 0 Å². The molecule has 152 valence electrons. The highest BCUT2D eigenvalue weighted by atomic mass is 35.5. The van der Waals surface area contributed by atoms with Gasteiger partial charge in [0.15, 0.2) is 0 Å². The van der Waals surface area contributed by atoms with Gasteiger partial charge in [0.2, 0.25) is 0 Å². The third kappa shape index (κ3) is 6.26. The highest BCUT2D eigenvalue weighted by Crippen LogP contribution is 2.33. The molecule has 9 heteroatoms. The van der Waals surface area contributed by atoms with E-state index in [2.05, 4.69) is 15.4 Å². The summed E-state index contributed by atoms with van der Waals surface area (Å²) in [5, 5.41) is 6.01. The van der Waals surface area contributed by atoms with Crippen LogP contribution in [0.2, 0.25) is 0 Å². The molecule has 2 fully saturated rings. The van der Waals surface area contributed by atoms with Gasteiger partial charge in [0.1, 0.15) is 5.75 Å². The first-order chi connectivity index (χ1) is 12.4. The number of hydrogen-bond acceptors (Lipinski definition) is 4. The summed E-state index contributed by atoms with van der Waals surface area (Å²) in [6.45, 7) is 2.72. The second-order valence-electron chi connectivity index (χ2n) is 6.69. The zero-order chi connectivity index (χ0) is 18.6. The highest BCUT2D eigenvalue weighted by molar-refractivity contribution is 5.97. The molecular weight excluding hydrogens is 385 g/mol. The summed E-state index contributed by atoms with van der Waals surface area (Å²) in [6, 6.07) is 4.44. The number of amides is 1. The van der Waals surface area contributed by atoms with Crippen LogP contribution in [0.5, 0.6) is 5.75 Å². The van der Waals surface area contributed by atoms with Crippen LogP contribution in [0.25, 0.3) is 0 Å². The SMILES string of the molecule is Cl.O=C(NC1CCOCC1)c1ccc(C2CCNCC2)cc1OC(F)(F)F. The predicted octanol–water partition coefficient (Wildman–Crippen LogP) is 3.38. The molecule has 1 amide bonds. The number of benzene rings is 1. The molecule has 27 heavy (non-hydrogen) atoms. The molecule has 2 N–H and O–H groups in total. The molecule has 2 saturated heterocycles. The van der Waals surface area contributed by atoms with E-state index in [9.17, 15) is 18.0 Å². The van der Waals surface area contributed by atoms with Gasteiger partial charge < -0.3 is 20.1 Å². The summed E-state index contributed by atoms with van der Waals surface area (Å²) >= 11 is 0. The molecule has 5 nitrogen and oxygen atoms in total. The minimum Gasteiger partial charge on any atom is -0.405 e. The maximum atomic E-state index is 12.8. The van der Waals surface area contributed by atoms with Crippen molar-refractivity contribution in [2.24, 2.45) is 0 Å². The molecule has 0 radical (unpaired) electrons. The molecule has 0 bridgehead atoms.